The molecule has 0 aromatic heterocycles. The molecule has 0 amide bonds. The first-order valence-electron chi connectivity index (χ1n) is 4.56. The van der Waals surface area contributed by atoms with Crippen LogP contribution in [0.5, 0.6) is 0 Å². The van der Waals surface area contributed by atoms with E-state index in [4.69, 9.17) is 5.11 Å². The van der Waals surface area contributed by atoms with Crippen molar-refractivity contribution in [2.45, 2.75) is 24.0 Å². The van der Waals surface area contributed by atoms with E-state index < -0.39 is 16.1 Å². The Balaban J connectivity index is 3.05. The van der Waals surface area contributed by atoms with Gasteiger partial charge >= 0.3 is 5.97 Å². The first-order chi connectivity index (χ1) is 7.41. The Morgan fingerprint density at radius 3 is 2.69 bits per heavy atom. The normalized spacial score (nSPS) is 12.1. The van der Waals surface area contributed by atoms with E-state index >= 15 is 0 Å². The molecule has 0 radical (unpaired) electrons. The van der Waals surface area contributed by atoms with Crippen LogP contribution in [0.15, 0.2) is 23.1 Å². The van der Waals surface area contributed by atoms with Gasteiger partial charge in [0.25, 0.3) is 5.69 Å². The molecule has 0 spiro atoms. The molecule has 6 heteroatoms. The van der Waals surface area contributed by atoms with E-state index in [-0.39, 0.29) is 5.69 Å². The zero-order valence-electron chi connectivity index (χ0n) is 8.84. The van der Waals surface area contributed by atoms with Gasteiger partial charge < -0.3 is 5.11 Å². The number of hydrogen-bond acceptors (Lipinski definition) is 4. The molecule has 0 saturated carbocycles. The summed E-state index contributed by atoms with van der Waals surface area (Å²) < 4.78 is 0. The number of thioether (sulfide) groups is 1. The number of carboxylic acid groups (broad SMARTS) is 1. The summed E-state index contributed by atoms with van der Waals surface area (Å²) in [6.07, 6.45) is 0. The zero-order valence-corrected chi connectivity index (χ0v) is 9.65. The molecule has 1 unspecified atom stereocenters. The molecule has 1 N–H and O–H groups in total. The summed E-state index contributed by atoms with van der Waals surface area (Å²) in [4.78, 5) is 21.3. The maximum Gasteiger partial charge on any atom is 0.316 e. The van der Waals surface area contributed by atoms with Gasteiger partial charge in [0.05, 0.1) is 9.82 Å². The van der Waals surface area contributed by atoms with Crippen molar-refractivity contribution in [3.63, 3.8) is 0 Å². The fraction of sp³-hybridized carbons (Fsp3) is 0.300. The van der Waals surface area contributed by atoms with E-state index in [0.717, 1.165) is 17.3 Å². The molecule has 1 atom stereocenters. The van der Waals surface area contributed by atoms with E-state index in [9.17, 15) is 14.9 Å². The number of hydrogen-bond donors (Lipinski definition) is 1. The second-order valence-corrected chi connectivity index (χ2v) is 4.71. The van der Waals surface area contributed by atoms with Gasteiger partial charge in [-0.15, -0.1) is 11.8 Å². The van der Waals surface area contributed by atoms with E-state index in [1.807, 2.05) is 0 Å². The summed E-state index contributed by atoms with van der Waals surface area (Å²) in [5.74, 6) is -0.985. The van der Waals surface area contributed by atoms with Crippen LogP contribution in [-0.2, 0) is 4.79 Å². The summed E-state index contributed by atoms with van der Waals surface area (Å²) >= 11 is 0.980. The van der Waals surface area contributed by atoms with Crippen molar-refractivity contribution in [3.8, 4) is 0 Å². The van der Waals surface area contributed by atoms with E-state index in [2.05, 4.69) is 0 Å². The Morgan fingerprint density at radius 2 is 2.19 bits per heavy atom. The monoisotopic (exact) mass is 241 g/mol. The third kappa shape index (κ3) is 2.96. The Hall–Kier alpha value is -1.56. The van der Waals surface area contributed by atoms with E-state index in [0.29, 0.717) is 4.90 Å². The highest BCUT2D eigenvalue weighted by Crippen LogP contribution is 2.32. The standard InChI is InChI=1S/C10H11NO4S/c1-6-3-4-8(11(14)15)9(5-6)16-7(2)10(12)13/h3-5,7H,1-2H3,(H,12,13). The molecule has 16 heavy (non-hydrogen) atoms. The molecule has 1 aromatic carbocycles. The lowest BCUT2D eigenvalue weighted by Gasteiger charge is -2.07. The quantitative estimate of drug-likeness (QED) is 0.497. The van der Waals surface area contributed by atoms with Crippen molar-refractivity contribution in [2.24, 2.45) is 0 Å². The average molecular weight is 241 g/mol. The minimum Gasteiger partial charge on any atom is -0.480 e. The van der Waals surface area contributed by atoms with Crippen LogP contribution < -0.4 is 0 Å². The molecule has 0 aliphatic rings. The zero-order chi connectivity index (χ0) is 12.3. The van der Waals surface area contributed by atoms with Gasteiger partial charge in [-0.05, 0) is 25.5 Å². The van der Waals surface area contributed by atoms with Crippen molar-refractivity contribution in [2.75, 3.05) is 0 Å². The van der Waals surface area contributed by atoms with Gasteiger partial charge in [-0.1, -0.05) is 6.07 Å². The lowest BCUT2D eigenvalue weighted by molar-refractivity contribution is -0.387. The van der Waals surface area contributed by atoms with Crippen LogP contribution >= 0.6 is 11.8 Å². The maximum atomic E-state index is 10.7. The van der Waals surface area contributed by atoms with Crippen molar-refractivity contribution in [3.05, 3.63) is 33.9 Å². The molecule has 1 rings (SSSR count). The van der Waals surface area contributed by atoms with Gasteiger partial charge in [-0.2, -0.15) is 0 Å². The molecule has 0 bridgehead atoms. The molecular weight excluding hydrogens is 230 g/mol. The fourth-order valence-corrected chi connectivity index (χ4v) is 2.11. The number of aryl methyl sites for hydroxylation is 1. The maximum absolute atomic E-state index is 10.7. The topological polar surface area (TPSA) is 80.4 Å². The summed E-state index contributed by atoms with van der Waals surface area (Å²) in [5.41, 5.74) is 0.814. The van der Waals surface area contributed by atoms with Crippen LogP contribution in [0.4, 0.5) is 5.69 Å². The van der Waals surface area contributed by atoms with Gasteiger partial charge in [0, 0.05) is 6.07 Å². The number of nitro groups is 1. The van der Waals surface area contributed by atoms with Crippen LogP contribution in [0.3, 0.4) is 0 Å². The summed E-state index contributed by atoms with van der Waals surface area (Å²) in [6, 6.07) is 4.65. The highest BCUT2D eigenvalue weighted by molar-refractivity contribution is 8.00. The summed E-state index contributed by atoms with van der Waals surface area (Å²) in [5, 5.41) is 18.8. The predicted molar refractivity (Wildman–Crippen MR) is 60.8 cm³/mol. The second kappa shape index (κ2) is 4.98. The molecular formula is C10H11NO4S. The fourth-order valence-electron chi connectivity index (χ4n) is 1.11. The Labute approximate surface area is 96.6 Å². The van der Waals surface area contributed by atoms with Crippen LogP contribution in [0.2, 0.25) is 0 Å². The van der Waals surface area contributed by atoms with E-state index in [1.165, 1.54) is 13.0 Å². The van der Waals surface area contributed by atoms with Crippen LogP contribution in [-0.4, -0.2) is 21.2 Å². The number of rotatable bonds is 4. The molecule has 0 aliphatic heterocycles. The third-order valence-corrected chi connectivity index (χ3v) is 3.10. The Bertz CT molecular complexity index is 433. The summed E-state index contributed by atoms with van der Waals surface area (Å²) in [7, 11) is 0. The first-order valence-corrected chi connectivity index (χ1v) is 5.44. The minimum absolute atomic E-state index is 0.0521. The van der Waals surface area contributed by atoms with Gasteiger partial charge in [0.1, 0.15) is 5.25 Å². The molecule has 5 nitrogen and oxygen atoms in total. The smallest absolute Gasteiger partial charge is 0.316 e. The highest BCUT2D eigenvalue weighted by Gasteiger charge is 2.20. The lowest BCUT2D eigenvalue weighted by Crippen LogP contribution is -2.11. The SMILES string of the molecule is Cc1ccc([N+](=O)[O-])c(SC(C)C(=O)O)c1. The number of benzene rings is 1. The highest BCUT2D eigenvalue weighted by atomic mass is 32.2. The largest absolute Gasteiger partial charge is 0.480 e. The van der Waals surface area contributed by atoms with Crippen molar-refractivity contribution < 1.29 is 14.8 Å². The van der Waals surface area contributed by atoms with Crippen LogP contribution in [0.1, 0.15) is 12.5 Å². The van der Waals surface area contributed by atoms with Crippen molar-refractivity contribution >= 4 is 23.4 Å². The van der Waals surface area contributed by atoms with E-state index in [1.54, 1.807) is 19.1 Å². The molecule has 0 heterocycles. The summed E-state index contributed by atoms with van der Waals surface area (Å²) in [6.45, 7) is 3.30. The number of nitrogens with zero attached hydrogens (tertiary/aromatic N) is 1. The lowest BCUT2D eigenvalue weighted by atomic mass is 10.2. The van der Waals surface area contributed by atoms with Crippen molar-refractivity contribution in [1.29, 1.82) is 0 Å². The number of carbonyl (C=O) groups is 1. The van der Waals surface area contributed by atoms with Crippen molar-refractivity contribution in [1.82, 2.24) is 0 Å². The average Bonchev–Trinajstić information content (AvgIpc) is 2.16. The molecule has 0 fully saturated rings. The minimum atomic E-state index is -0.985. The Kier molecular flexibility index (Phi) is 3.89. The van der Waals surface area contributed by atoms with Gasteiger partial charge in [0.2, 0.25) is 0 Å². The van der Waals surface area contributed by atoms with Crippen LogP contribution in [0, 0.1) is 17.0 Å². The molecule has 0 aliphatic carbocycles. The van der Waals surface area contributed by atoms with Gasteiger partial charge in [-0.3, -0.25) is 14.9 Å². The molecule has 86 valence electrons. The number of aliphatic carboxylic acids is 1. The third-order valence-electron chi connectivity index (χ3n) is 1.96. The Morgan fingerprint density at radius 1 is 1.56 bits per heavy atom. The number of nitro benzene ring substituents is 1. The van der Waals surface area contributed by atoms with Crippen LogP contribution in [0.25, 0.3) is 0 Å². The van der Waals surface area contributed by atoms with Gasteiger partial charge in [-0.25, -0.2) is 0 Å². The second-order valence-electron chi connectivity index (χ2n) is 3.33. The first kappa shape index (κ1) is 12.5. The number of carboxylic acids is 1. The molecule has 1 aromatic rings. The van der Waals surface area contributed by atoms with Gasteiger partial charge in [0.15, 0.2) is 0 Å². The molecule has 0 saturated heterocycles. The predicted octanol–water partition coefficient (Wildman–Crippen LogP) is 2.47.